The molecular weight excluding hydrogens is 713 g/mol. The van der Waals surface area contributed by atoms with Crippen molar-refractivity contribution < 1.29 is 19.4 Å². The molecule has 58 heavy (non-hydrogen) atoms. The number of hydrogen-bond donors (Lipinski definition) is 1. The second-order valence-electron chi connectivity index (χ2n) is 17.6. The minimum atomic E-state index is -0.537. The number of carbonyl (C=O) groups excluding carboxylic acids is 1. The SMILES string of the molecule is CCCCCCC/C=C\C/C=C\C/C=C\CCCCCCCCCCC(=O)OC(CO)COCCCCCCCCCCCCCCCCCCCCCCCCC. The van der Waals surface area contributed by atoms with Gasteiger partial charge in [-0.05, 0) is 51.4 Å². The maximum atomic E-state index is 12.3. The summed E-state index contributed by atoms with van der Waals surface area (Å²) in [5.41, 5.74) is 0. The number of ether oxygens (including phenoxy) is 2. The average Bonchev–Trinajstić information content (AvgIpc) is 3.23. The Morgan fingerprint density at radius 3 is 1.09 bits per heavy atom. The maximum Gasteiger partial charge on any atom is 0.306 e. The molecule has 0 aromatic carbocycles. The summed E-state index contributed by atoms with van der Waals surface area (Å²) in [5, 5.41) is 9.65. The Kier molecular flexibility index (Phi) is 50.5. The highest BCUT2D eigenvalue weighted by atomic mass is 16.6. The molecular formula is C54H102O4. The summed E-state index contributed by atoms with van der Waals surface area (Å²) < 4.78 is 11.2. The van der Waals surface area contributed by atoms with Gasteiger partial charge in [-0.25, -0.2) is 0 Å². The topological polar surface area (TPSA) is 55.8 Å². The molecule has 0 aromatic heterocycles. The van der Waals surface area contributed by atoms with E-state index in [0.717, 1.165) is 32.1 Å². The Morgan fingerprint density at radius 2 is 0.724 bits per heavy atom. The van der Waals surface area contributed by atoms with Crippen LogP contribution in [0.25, 0.3) is 0 Å². The lowest BCUT2D eigenvalue weighted by Gasteiger charge is -2.16. The molecule has 0 spiro atoms. The fourth-order valence-corrected chi connectivity index (χ4v) is 7.81. The minimum Gasteiger partial charge on any atom is -0.457 e. The van der Waals surface area contributed by atoms with Gasteiger partial charge in [0.05, 0.1) is 13.2 Å². The first-order valence-electron chi connectivity index (χ1n) is 26.1. The molecule has 1 unspecified atom stereocenters. The lowest BCUT2D eigenvalue weighted by Crippen LogP contribution is -2.27. The normalized spacial score (nSPS) is 12.5. The van der Waals surface area contributed by atoms with Gasteiger partial charge >= 0.3 is 5.97 Å². The van der Waals surface area contributed by atoms with Gasteiger partial charge in [0.1, 0.15) is 6.10 Å². The molecule has 1 atom stereocenters. The van der Waals surface area contributed by atoms with Gasteiger partial charge in [-0.1, -0.05) is 256 Å². The van der Waals surface area contributed by atoms with E-state index in [1.54, 1.807) is 0 Å². The number of carbonyl (C=O) groups is 1. The first-order chi connectivity index (χ1) is 28.7. The van der Waals surface area contributed by atoms with Crippen LogP contribution in [0.15, 0.2) is 36.5 Å². The first kappa shape index (κ1) is 56.6. The van der Waals surface area contributed by atoms with Gasteiger partial charge in [0, 0.05) is 13.0 Å². The second-order valence-corrected chi connectivity index (χ2v) is 17.6. The number of allylic oxidation sites excluding steroid dienone is 6. The Bertz CT molecular complexity index is 863. The molecule has 0 fully saturated rings. The molecule has 0 aliphatic heterocycles. The highest BCUT2D eigenvalue weighted by Gasteiger charge is 2.13. The summed E-state index contributed by atoms with van der Waals surface area (Å²) in [6, 6.07) is 0. The van der Waals surface area contributed by atoms with Crippen molar-refractivity contribution in [1.29, 1.82) is 0 Å². The van der Waals surface area contributed by atoms with Crippen LogP contribution in [0.5, 0.6) is 0 Å². The monoisotopic (exact) mass is 815 g/mol. The zero-order valence-electron chi connectivity index (χ0n) is 39.3. The van der Waals surface area contributed by atoms with E-state index in [0.29, 0.717) is 19.6 Å². The first-order valence-corrected chi connectivity index (χ1v) is 26.1. The third-order valence-electron chi connectivity index (χ3n) is 11.7. The molecule has 0 aliphatic rings. The number of aliphatic hydroxyl groups is 1. The molecule has 0 aromatic rings. The fourth-order valence-electron chi connectivity index (χ4n) is 7.81. The Hall–Kier alpha value is -1.39. The van der Waals surface area contributed by atoms with Gasteiger partial charge in [0.15, 0.2) is 0 Å². The molecule has 4 nitrogen and oxygen atoms in total. The second kappa shape index (κ2) is 51.8. The Morgan fingerprint density at radius 1 is 0.414 bits per heavy atom. The standard InChI is InChI=1S/C54H102O4/c1-3-5-7-9-11-13-15-17-19-21-23-25-27-29-31-33-35-37-39-41-43-45-47-49-54(56)58-53(51-55)52-57-50-48-46-44-42-40-38-36-34-32-30-28-26-24-22-20-18-16-14-12-10-8-6-4-2/h15,17,21,23,27,29,53,55H,3-14,16,18-20,22,24-26,28,30-52H2,1-2H3/b17-15-,23-21-,29-27-. The number of hydrogen-bond acceptors (Lipinski definition) is 4. The molecule has 0 aliphatic carbocycles. The van der Waals surface area contributed by atoms with Crippen molar-refractivity contribution in [2.45, 2.75) is 283 Å². The Labute approximate surface area is 363 Å². The Balaban J connectivity index is 3.39. The number of esters is 1. The highest BCUT2D eigenvalue weighted by Crippen LogP contribution is 2.16. The predicted octanol–water partition coefficient (Wildman–Crippen LogP) is 17.6. The molecule has 0 heterocycles. The van der Waals surface area contributed by atoms with E-state index < -0.39 is 6.10 Å². The van der Waals surface area contributed by atoms with Crippen molar-refractivity contribution in [2.24, 2.45) is 0 Å². The predicted molar refractivity (Wildman–Crippen MR) is 256 cm³/mol. The number of unbranched alkanes of at least 4 members (excludes halogenated alkanes) is 35. The summed E-state index contributed by atoms with van der Waals surface area (Å²) in [5.74, 6) is -0.203. The summed E-state index contributed by atoms with van der Waals surface area (Å²) in [7, 11) is 0. The third-order valence-corrected chi connectivity index (χ3v) is 11.7. The van der Waals surface area contributed by atoms with E-state index in [4.69, 9.17) is 9.47 Å². The molecule has 342 valence electrons. The minimum absolute atomic E-state index is 0.171. The van der Waals surface area contributed by atoms with Crippen LogP contribution in [0.2, 0.25) is 0 Å². The summed E-state index contributed by atoms with van der Waals surface area (Å²) >= 11 is 0. The lowest BCUT2D eigenvalue weighted by atomic mass is 10.0. The van der Waals surface area contributed by atoms with E-state index in [2.05, 4.69) is 50.3 Å². The van der Waals surface area contributed by atoms with Crippen molar-refractivity contribution in [2.75, 3.05) is 19.8 Å². The largest absolute Gasteiger partial charge is 0.457 e. The van der Waals surface area contributed by atoms with Crippen LogP contribution in [0, 0.1) is 0 Å². The van der Waals surface area contributed by atoms with Crippen LogP contribution < -0.4 is 0 Å². The molecule has 4 heteroatoms. The molecule has 0 bridgehead atoms. The molecule has 0 saturated heterocycles. The van der Waals surface area contributed by atoms with E-state index in [9.17, 15) is 9.90 Å². The van der Waals surface area contributed by atoms with E-state index in [1.165, 1.54) is 225 Å². The van der Waals surface area contributed by atoms with Gasteiger partial charge in [0.25, 0.3) is 0 Å². The van der Waals surface area contributed by atoms with Crippen molar-refractivity contribution in [1.82, 2.24) is 0 Å². The van der Waals surface area contributed by atoms with Gasteiger partial charge in [-0.3, -0.25) is 4.79 Å². The molecule has 0 saturated carbocycles. The number of aliphatic hydroxyl groups excluding tert-OH is 1. The quantitative estimate of drug-likeness (QED) is 0.0378. The van der Waals surface area contributed by atoms with E-state index in [-0.39, 0.29) is 12.6 Å². The van der Waals surface area contributed by atoms with Crippen LogP contribution in [0.3, 0.4) is 0 Å². The van der Waals surface area contributed by atoms with E-state index >= 15 is 0 Å². The zero-order chi connectivity index (χ0) is 41.9. The highest BCUT2D eigenvalue weighted by molar-refractivity contribution is 5.69. The molecule has 0 rings (SSSR count). The van der Waals surface area contributed by atoms with Gasteiger partial charge in [-0.2, -0.15) is 0 Å². The van der Waals surface area contributed by atoms with Crippen molar-refractivity contribution in [3.05, 3.63) is 36.5 Å². The van der Waals surface area contributed by atoms with Crippen molar-refractivity contribution in [3.8, 4) is 0 Å². The van der Waals surface area contributed by atoms with Gasteiger partial charge in [0.2, 0.25) is 0 Å². The van der Waals surface area contributed by atoms with Gasteiger partial charge in [-0.15, -0.1) is 0 Å². The van der Waals surface area contributed by atoms with Crippen LogP contribution in [0.1, 0.15) is 277 Å². The average molecular weight is 815 g/mol. The number of rotatable bonds is 49. The van der Waals surface area contributed by atoms with Crippen molar-refractivity contribution in [3.63, 3.8) is 0 Å². The van der Waals surface area contributed by atoms with Crippen LogP contribution in [0.4, 0.5) is 0 Å². The lowest BCUT2D eigenvalue weighted by molar-refractivity contribution is -0.154. The third kappa shape index (κ3) is 49.0. The van der Waals surface area contributed by atoms with Crippen LogP contribution in [-0.4, -0.2) is 37.0 Å². The van der Waals surface area contributed by atoms with E-state index in [1.807, 2.05) is 0 Å². The van der Waals surface area contributed by atoms with Crippen LogP contribution in [-0.2, 0) is 14.3 Å². The molecule has 0 radical (unpaired) electrons. The van der Waals surface area contributed by atoms with Gasteiger partial charge < -0.3 is 14.6 Å². The van der Waals surface area contributed by atoms with Crippen LogP contribution >= 0.6 is 0 Å². The summed E-state index contributed by atoms with van der Waals surface area (Å²) in [6.07, 6.45) is 66.7. The molecule has 1 N–H and O–H groups in total. The fraction of sp³-hybridized carbons (Fsp3) is 0.870. The maximum absolute atomic E-state index is 12.3. The summed E-state index contributed by atoms with van der Waals surface area (Å²) in [4.78, 5) is 12.3. The summed E-state index contributed by atoms with van der Waals surface area (Å²) in [6.45, 7) is 5.37. The molecule has 0 amide bonds. The zero-order valence-corrected chi connectivity index (χ0v) is 39.3. The smallest absolute Gasteiger partial charge is 0.306 e. The van der Waals surface area contributed by atoms with Crippen molar-refractivity contribution >= 4 is 5.97 Å².